The van der Waals surface area contributed by atoms with Gasteiger partial charge in [-0.2, -0.15) is 5.26 Å². The SMILES string of the molecule is COc1ccc(OC)c(-c2[nH]nc3c2[C@H](c2c(Cl)cccc2Cl)C(C#N)=C(N)O3)c1. The molecule has 1 aromatic heterocycles. The average molecular weight is 443 g/mol. The molecule has 3 aromatic rings. The number of allylic oxidation sites excluding steroid dienone is 1. The number of aromatic amines is 1. The fraction of sp³-hybridized carbons (Fsp3) is 0.143. The molecule has 3 N–H and O–H groups in total. The Morgan fingerprint density at radius 1 is 1.13 bits per heavy atom. The predicted molar refractivity (Wildman–Crippen MR) is 113 cm³/mol. The molecule has 30 heavy (non-hydrogen) atoms. The number of H-pyrrole nitrogens is 1. The van der Waals surface area contributed by atoms with E-state index in [1.807, 2.05) is 0 Å². The molecule has 9 heteroatoms. The van der Waals surface area contributed by atoms with Crippen LogP contribution in [0.15, 0.2) is 47.9 Å². The van der Waals surface area contributed by atoms with Gasteiger partial charge in [-0.1, -0.05) is 29.3 Å². The van der Waals surface area contributed by atoms with Gasteiger partial charge in [0.15, 0.2) is 0 Å². The van der Waals surface area contributed by atoms with Crippen molar-refractivity contribution in [3.05, 3.63) is 69.0 Å². The minimum atomic E-state index is -0.690. The van der Waals surface area contributed by atoms with E-state index in [0.717, 1.165) is 0 Å². The van der Waals surface area contributed by atoms with Crippen LogP contribution in [0.1, 0.15) is 17.0 Å². The number of ether oxygens (including phenoxy) is 3. The Bertz CT molecular complexity index is 1190. The van der Waals surface area contributed by atoms with Gasteiger partial charge in [-0.3, -0.25) is 5.10 Å². The lowest BCUT2D eigenvalue weighted by Gasteiger charge is -2.25. The fourth-order valence-corrected chi connectivity index (χ4v) is 4.15. The first kappa shape index (κ1) is 20.0. The molecule has 1 atom stereocenters. The van der Waals surface area contributed by atoms with Gasteiger partial charge in [0.25, 0.3) is 0 Å². The van der Waals surface area contributed by atoms with E-state index in [0.29, 0.717) is 43.9 Å². The molecule has 0 bridgehead atoms. The summed E-state index contributed by atoms with van der Waals surface area (Å²) in [6.07, 6.45) is 0. The van der Waals surface area contributed by atoms with Crippen molar-refractivity contribution in [3.63, 3.8) is 0 Å². The minimum Gasteiger partial charge on any atom is -0.497 e. The second kappa shape index (κ2) is 7.82. The second-order valence-electron chi connectivity index (χ2n) is 6.44. The van der Waals surface area contributed by atoms with Gasteiger partial charge >= 0.3 is 0 Å². The summed E-state index contributed by atoms with van der Waals surface area (Å²) in [5.74, 6) is 0.680. The number of rotatable bonds is 4. The smallest absolute Gasteiger partial charge is 0.244 e. The topological polar surface area (TPSA) is 106 Å². The van der Waals surface area contributed by atoms with E-state index in [4.69, 9.17) is 43.1 Å². The van der Waals surface area contributed by atoms with Crippen molar-refractivity contribution < 1.29 is 14.2 Å². The third-order valence-electron chi connectivity index (χ3n) is 4.90. The Morgan fingerprint density at radius 3 is 2.50 bits per heavy atom. The Balaban J connectivity index is 2.03. The summed E-state index contributed by atoms with van der Waals surface area (Å²) >= 11 is 13.0. The zero-order valence-corrected chi connectivity index (χ0v) is 17.5. The Kier molecular flexibility index (Phi) is 5.20. The maximum atomic E-state index is 9.85. The summed E-state index contributed by atoms with van der Waals surface area (Å²) in [7, 11) is 3.13. The first-order valence-corrected chi connectivity index (χ1v) is 9.57. The maximum absolute atomic E-state index is 9.85. The van der Waals surface area contributed by atoms with E-state index in [1.165, 1.54) is 0 Å². The zero-order chi connectivity index (χ0) is 21.4. The number of nitriles is 1. The third-order valence-corrected chi connectivity index (χ3v) is 5.56. The van der Waals surface area contributed by atoms with Gasteiger partial charge in [-0.05, 0) is 30.3 Å². The molecule has 0 amide bonds. The summed E-state index contributed by atoms with van der Waals surface area (Å²) in [5, 5.41) is 17.9. The molecule has 152 valence electrons. The number of hydrogen-bond donors (Lipinski definition) is 2. The molecule has 4 rings (SSSR count). The summed E-state index contributed by atoms with van der Waals surface area (Å²) in [6, 6.07) is 12.6. The van der Waals surface area contributed by atoms with Gasteiger partial charge in [0, 0.05) is 21.2 Å². The highest BCUT2D eigenvalue weighted by molar-refractivity contribution is 6.36. The number of hydrogen-bond acceptors (Lipinski definition) is 6. The fourth-order valence-electron chi connectivity index (χ4n) is 3.53. The molecule has 0 saturated carbocycles. The van der Waals surface area contributed by atoms with Crippen LogP contribution in [-0.2, 0) is 0 Å². The number of aromatic nitrogens is 2. The predicted octanol–water partition coefficient (Wildman–Crippen LogP) is 4.62. The number of nitrogens with zero attached hydrogens (tertiary/aromatic N) is 2. The molecule has 2 aromatic carbocycles. The molecule has 0 aliphatic carbocycles. The first-order chi connectivity index (χ1) is 14.5. The lowest BCUT2D eigenvalue weighted by atomic mass is 9.82. The first-order valence-electron chi connectivity index (χ1n) is 8.82. The lowest BCUT2D eigenvalue weighted by Crippen LogP contribution is -2.21. The van der Waals surface area contributed by atoms with Crippen molar-refractivity contribution in [2.45, 2.75) is 5.92 Å². The number of halogens is 2. The van der Waals surface area contributed by atoms with Crippen LogP contribution in [0.3, 0.4) is 0 Å². The monoisotopic (exact) mass is 442 g/mol. The molecular formula is C21H16Cl2N4O3. The third kappa shape index (κ3) is 3.11. The Hall–Kier alpha value is -3.34. The van der Waals surface area contributed by atoms with E-state index >= 15 is 0 Å². The van der Waals surface area contributed by atoms with Gasteiger partial charge in [0.05, 0.1) is 31.4 Å². The normalized spacial score (nSPS) is 15.2. The van der Waals surface area contributed by atoms with Crippen molar-refractivity contribution in [3.8, 4) is 34.7 Å². The summed E-state index contributed by atoms with van der Waals surface area (Å²) in [5.41, 5.74) is 8.56. The molecule has 0 unspecified atom stereocenters. The number of fused-ring (bicyclic) bond motifs is 1. The van der Waals surface area contributed by atoms with Crippen LogP contribution in [0.4, 0.5) is 0 Å². The van der Waals surface area contributed by atoms with Gasteiger partial charge in [0.1, 0.15) is 23.1 Å². The lowest BCUT2D eigenvalue weighted by molar-refractivity contribution is 0.379. The van der Waals surface area contributed by atoms with Crippen molar-refractivity contribution in [1.29, 1.82) is 5.26 Å². The molecular weight excluding hydrogens is 427 g/mol. The second-order valence-corrected chi connectivity index (χ2v) is 7.26. The molecule has 1 aliphatic rings. The molecule has 0 spiro atoms. The Morgan fingerprint density at radius 2 is 1.87 bits per heavy atom. The van der Waals surface area contributed by atoms with Crippen molar-refractivity contribution >= 4 is 23.2 Å². The number of nitrogens with two attached hydrogens (primary N) is 1. The molecule has 1 aliphatic heterocycles. The molecule has 0 saturated heterocycles. The van der Waals surface area contributed by atoms with E-state index in [1.54, 1.807) is 50.6 Å². The van der Waals surface area contributed by atoms with E-state index < -0.39 is 5.92 Å². The van der Waals surface area contributed by atoms with Crippen molar-refractivity contribution in [2.24, 2.45) is 5.73 Å². The molecule has 0 fully saturated rings. The van der Waals surface area contributed by atoms with Crippen LogP contribution in [0.25, 0.3) is 11.3 Å². The zero-order valence-electron chi connectivity index (χ0n) is 16.0. The standard InChI is InChI=1S/C21H16Cl2N4O3/c1-28-10-6-7-15(29-2)11(8-10)19-18-16(17-13(22)4-3-5-14(17)23)12(9-24)20(25)30-21(18)27-26-19/h3-8,16H,25H2,1-2H3,(H,26,27)/t16-/m0/s1. The largest absolute Gasteiger partial charge is 0.497 e. The van der Waals surface area contributed by atoms with Crippen LogP contribution >= 0.6 is 23.2 Å². The highest BCUT2D eigenvalue weighted by atomic mass is 35.5. The summed E-state index contributed by atoms with van der Waals surface area (Å²) in [4.78, 5) is 0. The quantitative estimate of drug-likeness (QED) is 0.610. The molecule has 7 nitrogen and oxygen atoms in total. The van der Waals surface area contributed by atoms with Crippen LogP contribution in [0.2, 0.25) is 10.0 Å². The Labute approximate surface area is 182 Å². The van der Waals surface area contributed by atoms with Gasteiger partial charge < -0.3 is 19.9 Å². The molecule has 2 heterocycles. The minimum absolute atomic E-state index is 0.0540. The van der Waals surface area contributed by atoms with E-state index in [9.17, 15) is 5.26 Å². The average Bonchev–Trinajstić information content (AvgIpc) is 3.16. The van der Waals surface area contributed by atoms with Crippen molar-refractivity contribution in [1.82, 2.24) is 10.2 Å². The summed E-state index contributed by atoms with van der Waals surface area (Å²) in [6.45, 7) is 0. The number of methoxy groups -OCH3 is 2. The summed E-state index contributed by atoms with van der Waals surface area (Å²) < 4.78 is 16.5. The van der Waals surface area contributed by atoms with E-state index in [-0.39, 0.29) is 17.3 Å². The maximum Gasteiger partial charge on any atom is 0.244 e. The van der Waals surface area contributed by atoms with Gasteiger partial charge in [-0.25, -0.2) is 0 Å². The van der Waals surface area contributed by atoms with E-state index in [2.05, 4.69) is 16.3 Å². The molecule has 0 radical (unpaired) electrons. The number of nitrogens with one attached hydrogen (secondary N) is 1. The van der Waals surface area contributed by atoms with Crippen LogP contribution in [0.5, 0.6) is 17.4 Å². The highest BCUT2D eigenvalue weighted by Gasteiger charge is 2.38. The number of benzene rings is 2. The van der Waals surface area contributed by atoms with Gasteiger partial charge in [-0.15, -0.1) is 5.10 Å². The highest BCUT2D eigenvalue weighted by Crippen LogP contribution is 2.50. The van der Waals surface area contributed by atoms with Crippen LogP contribution < -0.4 is 19.9 Å². The van der Waals surface area contributed by atoms with Crippen molar-refractivity contribution in [2.75, 3.05) is 14.2 Å². The van der Waals surface area contributed by atoms with Crippen LogP contribution in [0, 0.1) is 11.3 Å². The van der Waals surface area contributed by atoms with Crippen LogP contribution in [-0.4, -0.2) is 24.4 Å². The van der Waals surface area contributed by atoms with Gasteiger partial charge in [0.2, 0.25) is 11.8 Å².